The number of hydrogen-bond acceptors (Lipinski definition) is 2. The van der Waals surface area contributed by atoms with Crippen molar-refractivity contribution in [3.05, 3.63) is 50.7 Å². The van der Waals surface area contributed by atoms with E-state index >= 15 is 0 Å². The molecule has 0 N–H and O–H groups in total. The number of halogens is 1. The number of rotatable bonds is 3. The minimum Gasteiger partial charge on any atom is -0.259 e. The van der Waals surface area contributed by atoms with Crippen molar-refractivity contribution in [1.82, 2.24) is 0 Å². The zero-order valence-corrected chi connectivity index (χ0v) is 8.49. The lowest BCUT2D eigenvalue weighted by Gasteiger charge is -1.96. The molecule has 0 aliphatic rings. The summed E-state index contributed by atoms with van der Waals surface area (Å²) in [6.45, 7) is 1.75. The van der Waals surface area contributed by atoms with Crippen molar-refractivity contribution in [3.63, 3.8) is 0 Å². The summed E-state index contributed by atoms with van der Waals surface area (Å²) in [6, 6.07) is 6.98. The molecule has 74 valence electrons. The van der Waals surface area contributed by atoms with Crippen LogP contribution in [0.2, 0.25) is 5.02 Å². The second-order valence-corrected chi connectivity index (χ2v) is 3.24. The molecule has 4 heteroatoms. The monoisotopic (exact) mass is 211 g/mol. The van der Waals surface area contributed by atoms with Crippen LogP contribution < -0.4 is 0 Å². The third-order valence-electron chi connectivity index (χ3n) is 1.78. The molecule has 0 amide bonds. The SMILES string of the molecule is CCC(=Cc1cccc(Cl)c1)[N+](=O)[O-]. The number of nitrogens with zero attached hydrogens (tertiary/aromatic N) is 1. The Morgan fingerprint density at radius 3 is 2.86 bits per heavy atom. The fraction of sp³-hybridized carbons (Fsp3) is 0.200. The third-order valence-corrected chi connectivity index (χ3v) is 2.01. The van der Waals surface area contributed by atoms with E-state index < -0.39 is 0 Å². The normalized spacial score (nSPS) is 11.4. The van der Waals surface area contributed by atoms with Gasteiger partial charge in [-0.1, -0.05) is 30.7 Å². The van der Waals surface area contributed by atoms with Gasteiger partial charge in [-0.25, -0.2) is 0 Å². The molecular formula is C10H10ClNO2. The lowest BCUT2D eigenvalue weighted by atomic mass is 10.2. The van der Waals surface area contributed by atoms with Crippen LogP contribution in [0.1, 0.15) is 18.9 Å². The number of hydrogen-bond donors (Lipinski definition) is 0. The van der Waals surface area contributed by atoms with Crippen LogP contribution in [0.5, 0.6) is 0 Å². The zero-order chi connectivity index (χ0) is 10.6. The fourth-order valence-electron chi connectivity index (χ4n) is 1.07. The topological polar surface area (TPSA) is 43.1 Å². The summed E-state index contributed by atoms with van der Waals surface area (Å²) in [5.41, 5.74) is 0.943. The van der Waals surface area contributed by atoms with Crippen molar-refractivity contribution in [3.8, 4) is 0 Å². The molecule has 0 fully saturated rings. The fourth-order valence-corrected chi connectivity index (χ4v) is 1.27. The summed E-state index contributed by atoms with van der Waals surface area (Å²) in [7, 11) is 0. The average molecular weight is 212 g/mol. The molecule has 0 aliphatic heterocycles. The van der Waals surface area contributed by atoms with E-state index in [-0.39, 0.29) is 10.6 Å². The maximum atomic E-state index is 10.5. The Labute approximate surface area is 87.2 Å². The number of nitro groups is 1. The van der Waals surface area contributed by atoms with Crippen LogP contribution in [0.4, 0.5) is 0 Å². The van der Waals surface area contributed by atoms with Crippen molar-refractivity contribution >= 4 is 17.7 Å². The zero-order valence-electron chi connectivity index (χ0n) is 7.74. The van der Waals surface area contributed by atoms with Crippen LogP contribution in [0.3, 0.4) is 0 Å². The van der Waals surface area contributed by atoms with E-state index in [1.807, 2.05) is 0 Å². The van der Waals surface area contributed by atoms with Gasteiger partial charge < -0.3 is 0 Å². The predicted molar refractivity (Wildman–Crippen MR) is 56.7 cm³/mol. The van der Waals surface area contributed by atoms with Gasteiger partial charge in [-0.05, 0) is 17.7 Å². The molecule has 0 atom stereocenters. The quantitative estimate of drug-likeness (QED) is 0.568. The largest absolute Gasteiger partial charge is 0.259 e. The van der Waals surface area contributed by atoms with Crippen molar-refractivity contribution in [2.45, 2.75) is 13.3 Å². The molecule has 0 radical (unpaired) electrons. The summed E-state index contributed by atoms with van der Waals surface area (Å²) in [6.07, 6.45) is 1.94. The molecule has 0 saturated heterocycles. The van der Waals surface area contributed by atoms with E-state index in [1.165, 1.54) is 6.08 Å². The van der Waals surface area contributed by atoms with Crippen LogP contribution in [0, 0.1) is 10.1 Å². The molecule has 0 unspecified atom stereocenters. The van der Waals surface area contributed by atoms with Gasteiger partial charge in [0.1, 0.15) is 0 Å². The number of allylic oxidation sites excluding steroid dienone is 1. The Morgan fingerprint density at radius 2 is 2.36 bits per heavy atom. The summed E-state index contributed by atoms with van der Waals surface area (Å²) >= 11 is 5.75. The maximum Gasteiger partial charge on any atom is 0.246 e. The third kappa shape index (κ3) is 2.85. The molecule has 1 aromatic carbocycles. The van der Waals surface area contributed by atoms with Gasteiger partial charge in [-0.15, -0.1) is 0 Å². The van der Waals surface area contributed by atoms with Gasteiger partial charge >= 0.3 is 0 Å². The van der Waals surface area contributed by atoms with Crippen molar-refractivity contribution in [2.24, 2.45) is 0 Å². The Balaban J connectivity index is 3.00. The van der Waals surface area contributed by atoms with Crippen molar-refractivity contribution < 1.29 is 4.92 Å². The smallest absolute Gasteiger partial charge is 0.246 e. The molecule has 1 rings (SSSR count). The second-order valence-electron chi connectivity index (χ2n) is 2.80. The van der Waals surface area contributed by atoms with E-state index in [9.17, 15) is 10.1 Å². The Hall–Kier alpha value is -1.35. The molecule has 0 aromatic heterocycles. The second kappa shape index (κ2) is 4.77. The molecule has 0 aliphatic carbocycles. The van der Waals surface area contributed by atoms with Crippen molar-refractivity contribution in [2.75, 3.05) is 0 Å². The predicted octanol–water partition coefficient (Wildman–Crippen LogP) is 3.37. The van der Waals surface area contributed by atoms with E-state index in [1.54, 1.807) is 31.2 Å². The molecule has 0 bridgehead atoms. The highest BCUT2D eigenvalue weighted by atomic mass is 35.5. The van der Waals surface area contributed by atoms with Gasteiger partial charge in [0.05, 0.1) is 4.92 Å². The van der Waals surface area contributed by atoms with Crippen LogP contribution in [-0.2, 0) is 0 Å². The molecular weight excluding hydrogens is 202 g/mol. The molecule has 0 spiro atoms. The first-order valence-electron chi connectivity index (χ1n) is 4.24. The highest BCUT2D eigenvalue weighted by Gasteiger charge is 2.06. The maximum absolute atomic E-state index is 10.5. The molecule has 0 heterocycles. The van der Waals surface area contributed by atoms with Gasteiger partial charge in [-0.3, -0.25) is 10.1 Å². The highest BCUT2D eigenvalue weighted by Crippen LogP contribution is 2.15. The highest BCUT2D eigenvalue weighted by molar-refractivity contribution is 6.30. The van der Waals surface area contributed by atoms with Gasteiger partial charge in [0.15, 0.2) is 0 Å². The van der Waals surface area contributed by atoms with Crippen LogP contribution in [0.15, 0.2) is 30.0 Å². The minimum atomic E-state index is -0.374. The number of benzene rings is 1. The summed E-state index contributed by atoms with van der Waals surface area (Å²) in [5.74, 6) is 0. The summed E-state index contributed by atoms with van der Waals surface area (Å²) in [5, 5.41) is 11.1. The Bertz CT molecular complexity index is 374. The van der Waals surface area contributed by atoms with E-state index in [2.05, 4.69) is 0 Å². The van der Waals surface area contributed by atoms with Crippen molar-refractivity contribution in [1.29, 1.82) is 0 Å². The Kier molecular flexibility index (Phi) is 3.65. The van der Waals surface area contributed by atoms with Gasteiger partial charge in [0, 0.05) is 17.5 Å². The Morgan fingerprint density at radius 1 is 1.64 bits per heavy atom. The van der Waals surface area contributed by atoms with Gasteiger partial charge in [-0.2, -0.15) is 0 Å². The lowest BCUT2D eigenvalue weighted by molar-refractivity contribution is -0.425. The minimum absolute atomic E-state index is 0.187. The van der Waals surface area contributed by atoms with E-state index in [0.29, 0.717) is 11.4 Å². The standard InChI is InChI=1S/C10H10ClNO2/c1-2-10(12(13)14)7-8-4-3-5-9(11)6-8/h3-7H,2H2,1H3. The van der Waals surface area contributed by atoms with E-state index in [4.69, 9.17) is 11.6 Å². The molecule has 0 saturated carbocycles. The van der Waals surface area contributed by atoms with E-state index in [0.717, 1.165) is 5.56 Å². The molecule has 3 nitrogen and oxygen atoms in total. The lowest BCUT2D eigenvalue weighted by Crippen LogP contribution is -1.96. The van der Waals surface area contributed by atoms with Crippen LogP contribution in [0.25, 0.3) is 6.08 Å². The van der Waals surface area contributed by atoms with Crippen LogP contribution >= 0.6 is 11.6 Å². The van der Waals surface area contributed by atoms with Gasteiger partial charge in [0.25, 0.3) is 0 Å². The first-order chi connectivity index (χ1) is 6.63. The summed E-state index contributed by atoms with van der Waals surface area (Å²) in [4.78, 5) is 10.1. The first kappa shape index (κ1) is 10.7. The van der Waals surface area contributed by atoms with Crippen LogP contribution in [-0.4, -0.2) is 4.92 Å². The first-order valence-corrected chi connectivity index (χ1v) is 4.62. The average Bonchev–Trinajstić information content (AvgIpc) is 2.14. The molecule has 14 heavy (non-hydrogen) atoms. The summed E-state index contributed by atoms with van der Waals surface area (Å²) < 4.78 is 0. The molecule has 1 aromatic rings. The van der Waals surface area contributed by atoms with Gasteiger partial charge in [0.2, 0.25) is 5.70 Å².